The maximum absolute atomic E-state index is 12.6. The molecule has 0 heterocycles. The van der Waals surface area contributed by atoms with Gasteiger partial charge in [-0.15, -0.1) is 0 Å². The Balaban J connectivity index is 2.08. The van der Waals surface area contributed by atoms with Crippen molar-refractivity contribution in [3.63, 3.8) is 0 Å². The molecule has 0 aliphatic carbocycles. The second kappa shape index (κ2) is 8.61. The maximum atomic E-state index is 12.6. The average Bonchev–Trinajstić information content (AvgIpc) is 2.63. The van der Waals surface area contributed by atoms with Gasteiger partial charge in [0.15, 0.2) is 6.10 Å². The lowest BCUT2D eigenvalue weighted by molar-refractivity contribution is -0.127. The van der Waals surface area contributed by atoms with Crippen molar-refractivity contribution < 1.29 is 19.0 Å². The molecule has 0 fully saturated rings. The van der Waals surface area contributed by atoms with Crippen molar-refractivity contribution in [3.05, 3.63) is 53.1 Å². The van der Waals surface area contributed by atoms with Crippen molar-refractivity contribution in [2.45, 2.75) is 39.8 Å². The van der Waals surface area contributed by atoms with Crippen LogP contribution < -0.4 is 19.5 Å². The maximum Gasteiger partial charge on any atom is 0.261 e. The van der Waals surface area contributed by atoms with Crippen LogP contribution in [0.15, 0.2) is 36.4 Å². The van der Waals surface area contributed by atoms with Gasteiger partial charge in [-0.05, 0) is 57.5 Å². The lowest BCUT2D eigenvalue weighted by atomic mass is 10.1. The van der Waals surface area contributed by atoms with Crippen LogP contribution in [-0.4, -0.2) is 26.2 Å². The number of rotatable bonds is 7. The molecule has 0 radical (unpaired) electrons. The highest BCUT2D eigenvalue weighted by Crippen LogP contribution is 2.29. The van der Waals surface area contributed by atoms with E-state index in [0.717, 1.165) is 16.7 Å². The van der Waals surface area contributed by atoms with Crippen molar-refractivity contribution in [1.82, 2.24) is 5.32 Å². The van der Waals surface area contributed by atoms with E-state index >= 15 is 0 Å². The summed E-state index contributed by atoms with van der Waals surface area (Å²) in [6.45, 7) is 7.63. The SMILES string of the molecule is COc1ccc(OC)c([C@@H](C)NC(=O)[C@@H](C)Oc2ccc(C)cc2C)c1. The van der Waals surface area contributed by atoms with E-state index in [9.17, 15) is 4.79 Å². The molecule has 5 nitrogen and oxygen atoms in total. The Bertz CT molecular complexity index is 773. The molecule has 26 heavy (non-hydrogen) atoms. The zero-order chi connectivity index (χ0) is 19.3. The van der Waals surface area contributed by atoms with Crippen LogP contribution >= 0.6 is 0 Å². The molecule has 1 N–H and O–H groups in total. The van der Waals surface area contributed by atoms with Gasteiger partial charge in [0, 0.05) is 5.56 Å². The summed E-state index contributed by atoms with van der Waals surface area (Å²) in [4.78, 5) is 12.6. The van der Waals surface area contributed by atoms with Gasteiger partial charge in [0.2, 0.25) is 0 Å². The first kappa shape index (κ1) is 19.6. The molecule has 2 atom stereocenters. The van der Waals surface area contributed by atoms with Gasteiger partial charge in [0.25, 0.3) is 5.91 Å². The summed E-state index contributed by atoms with van der Waals surface area (Å²) in [5.41, 5.74) is 3.01. The quantitative estimate of drug-likeness (QED) is 0.815. The Morgan fingerprint density at radius 1 is 0.962 bits per heavy atom. The van der Waals surface area contributed by atoms with Crippen molar-refractivity contribution in [2.24, 2.45) is 0 Å². The Hall–Kier alpha value is -2.69. The molecule has 0 aromatic heterocycles. The number of ether oxygens (including phenoxy) is 3. The molecule has 0 saturated carbocycles. The van der Waals surface area contributed by atoms with Crippen LogP contribution in [0, 0.1) is 13.8 Å². The van der Waals surface area contributed by atoms with Gasteiger partial charge >= 0.3 is 0 Å². The third-order valence-corrected chi connectivity index (χ3v) is 4.27. The van der Waals surface area contributed by atoms with Crippen LogP contribution in [0.2, 0.25) is 0 Å². The van der Waals surface area contributed by atoms with E-state index in [2.05, 4.69) is 5.32 Å². The van der Waals surface area contributed by atoms with Crippen LogP contribution in [0.4, 0.5) is 0 Å². The summed E-state index contributed by atoms with van der Waals surface area (Å²) < 4.78 is 16.5. The molecule has 2 rings (SSSR count). The number of benzene rings is 2. The zero-order valence-electron chi connectivity index (χ0n) is 16.3. The molecular formula is C21H27NO4. The molecule has 0 bridgehead atoms. The Kier molecular flexibility index (Phi) is 6.50. The average molecular weight is 357 g/mol. The topological polar surface area (TPSA) is 56.8 Å². The Labute approximate surface area is 155 Å². The standard InChI is InChI=1S/C21H27NO4/c1-13-7-9-19(14(2)11-13)26-16(4)21(23)22-15(3)18-12-17(24-5)8-10-20(18)25-6/h7-12,15-16H,1-6H3,(H,22,23)/t15-,16-/m1/s1. The minimum absolute atomic E-state index is 0.192. The fourth-order valence-electron chi connectivity index (χ4n) is 2.76. The van der Waals surface area contributed by atoms with Gasteiger partial charge in [0.1, 0.15) is 17.2 Å². The molecule has 140 valence electrons. The van der Waals surface area contributed by atoms with Crippen LogP contribution in [0.1, 0.15) is 36.6 Å². The van der Waals surface area contributed by atoms with Gasteiger partial charge in [0.05, 0.1) is 20.3 Å². The largest absolute Gasteiger partial charge is 0.497 e. The van der Waals surface area contributed by atoms with Crippen LogP contribution in [0.25, 0.3) is 0 Å². The Morgan fingerprint density at radius 2 is 1.65 bits per heavy atom. The summed E-state index contributed by atoms with van der Waals surface area (Å²) >= 11 is 0. The third-order valence-electron chi connectivity index (χ3n) is 4.27. The van der Waals surface area contributed by atoms with Gasteiger partial charge in [-0.25, -0.2) is 0 Å². The molecule has 2 aromatic carbocycles. The molecule has 0 aliphatic heterocycles. The number of aryl methyl sites for hydroxylation is 2. The molecule has 2 aromatic rings. The number of carbonyl (C=O) groups is 1. The normalized spacial score (nSPS) is 12.8. The smallest absolute Gasteiger partial charge is 0.261 e. The second-order valence-electron chi connectivity index (χ2n) is 6.37. The summed E-state index contributed by atoms with van der Waals surface area (Å²) in [7, 11) is 3.21. The van der Waals surface area contributed by atoms with E-state index in [1.807, 2.05) is 57.2 Å². The van der Waals surface area contributed by atoms with E-state index in [1.54, 1.807) is 21.1 Å². The highest BCUT2D eigenvalue weighted by Gasteiger charge is 2.20. The van der Waals surface area contributed by atoms with E-state index in [1.165, 1.54) is 0 Å². The molecule has 0 unspecified atom stereocenters. The van der Waals surface area contributed by atoms with Crippen molar-refractivity contribution in [1.29, 1.82) is 0 Å². The van der Waals surface area contributed by atoms with E-state index in [0.29, 0.717) is 17.2 Å². The molecule has 1 amide bonds. The van der Waals surface area contributed by atoms with Crippen molar-refractivity contribution in [3.8, 4) is 17.2 Å². The lowest BCUT2D eigenvalue weighted by Crippen LogP contribution is -2.38. The second-order valence-corrected chi connectivity index (χ2v) is 6.37. The molecule has 0 spiro atoms. The number of hydrogen-bond donors (Lipinski definition) is 1. The van der Waals surface area contributed by atoms with Gasteiger partial charge < -0.3 is 19.5 Å². The van der Waals surface area contributed by atoms with Crippen molar-refractivity contribution in [2.75, 3.05) is 14.2 Å². The minimum atomic E-state index is -0.615. The number of hydrogen-bond acceptors (Lipinski definition) is 4. The number of carbonyl (C=O) groups excluding carboxylic acids is 1. The molecular weight excluding hydrogens is 330 g/mol. The van der Waals surface area contributed by atoms with Gasteiger partial charge in [-0.2, -0.15) is 0 Å². The highest BCUT2D eigenvalue weighted by atomic mass is 16.5. The minimum Gasteiger partial charge on any atom is -0.497 e. The van der Waals surface area contributed by atoms with Crippen LogP contribution in [0.3, 0.4) is 0 Å². The highest BCUT2D eigenvalue weighted by molar-refractivity contribution is 5.81. The van der Waals surface area contributed by atoms with E-state index in [-0.39, 0.29) is 11.9 Å². The lowest BCUT2D eigenvalue weighted by Gasteiger charge is -2.21. The molecule has 5 heteroatoms. The summed E-state index contributed by atoms with van der Waals surface area (Å²) in [6, 6.07) is 11.1. The van der Waals surface area contributed by atoms with Crippen molar-refractivity contribution >= 4 is 5.91 Å². The first-order chi connectivity index (χ1) is 12.3. The van der Waals surface area contributed by atoms with E-state index in [4.69, 9.17) is 14.2 Å². The zero-order valence-corrected chi connectivity index (χ0v) is 16.3. The van der Waals surface area contributed by atoms with Crippen LogP contribution in [0.5, 0.6) is 17.2 Å². The number of methoxy groups -OCH3 is 2. The first-order valence-electron chi connectivity index (χ1n) is 8.62. The number of amides is 1. The fraction of sp³-hybridized carbons (Fsp3) is 0.381. The van der Waals surface area contributed by atoms with Gasteiger partial charge in [-0.1, -0.05) is 17.7 Å². The first-order valence-corrected chi connectivity index (χ1v) is 8.62. The van der Waals surface area contributed by atoms with Crippen LogP contribution in [-0.2, 0) is 4.79 Å². The predicted octanol–water partition coefficient (Wildman–Crippen LogP) is 3.97. The summed E-state index contributed by atoms with van der Waals surface area (Å²) in [5.74, 6) is 1.93. The monoisotopic (exact) mass is 357 g/mol. The van der Waals surface area contributed by atoms with Gasteiger partial charge in [-0.3, -0.25) is 4.79 Å². The Morgan fingerprint density at radius 3 is 2.27 bits per heavy atom. The molecule has 0 saturated heterocycles. The number of nitrogens with one attached hydrogen (secondary N) is 1. The summed E-state index contributed by atoms with van der Waals surface area (Å²) in [6.07, 6.45) is -0.615. The molecule has 0 aliphatic rings. The van der Waals surface area contributed by atoms with E-state index < -0.39 is 6.10 Å². The fourth-order valence-corrected chi connectivity index (χ4v) is 2.76. The third kappa shape index (κ3) is 4.69. The summed E-state index contributed by atoms with van der Waals surface area (Å²) in [5, 5.41) is 2.97. The predicted molar refractivity (Wildman–Crippen MR) is 102 cm³/mol.